The van der Waals surface area contributed by atoms with Gasteiger partial charge in [0.25, 0.3) is 20.2 Å². The van der Waals surface area contributed by atoms with Gasteiger partial charge in [0.15, 0.2) is 0 Å². The molecular formula is C16H13NO8S2. The quantitative estimate of drug-likeness (QED) is 0.321. The molecule has 0 amide bonds. The Balaban J connectivity index is 2.09. The molecule has 142 valence electrons. The van der Waals surface area contributed by atoms with Gasteiger partial charge in [0.1, 0.15) is 11.5 Å². The molecule has 0 aliphatic rings. The van der Waals surface area contributed by atoms with E-state index in [0.29, 0.717) is 11.1 Å². The summed E-state index contributed by atoms with van der Waals surface area (Å²) in [4.78, 5) is -0.934. The molecule has 3 rings (SSSR count). The van der Waals surface area contributed by atoms with E-state index in [2.05, 4.69) is 5.32 Å². The highest BCUT2D eigenvalue weighted by atomic mass is 32.2. The highest BCUT2D eigenvalue weighted by molar-refractivity contribution is 7.86. The number of benzene rings is 3. The largest absolute Gasteiger partial charge is 0.507 e. The second-order valence-electron chi connectivity index (χ2n) is 5.63. The summed E-state index contributed by atoms with van der Waals surface area (Å²) in [6, 6.07) is 9.54. The standard InChI is InChI=1S/C16H13NO8S2/c18-15-4-2-11(26(20,21)22)7-14(15)17-10-1-3-13-9(5-10)6-12(8-16(13)19)27(23,24)25/h1-8,17-19H,(H,20,21,22)(H,23,24,25). The molecule has 0 saturated carbocycles. The molecule has 11 heteroatoms. The van der Waals surface area contributed by atoms with E-state index in [1.54, 1.807) is 0 Å². The first-order valence-corrected chi connectivity index (χ1v) is 10.1. The van der Waals surface area contributed by atoms with Gasteiger partial charge in [-0.2, -0.15) is 16.8 Å². The second kappa shape index (κ2) is 6.39. The minimum Gasteiger partial charge on any atom is -0.507 e. The van der Waals surface area contributed by atoms with E-state index in [1.165, 1.54) is 18.2 Å². The van der Waals surface area contributed by atoms with Crippen molar-refractivity contribution in [1.29, 1.82) is 0 Å². The summed E-state index contributed by atoms with van der Waals surface area (Å²) < 4.78 is 63.3. The van der Waals surface area contributed by atoms with E-state index in [1.807, 2.05) is 0 Å². The van der Waals surface area contributed by atoms with Gasteiger partial charge in [0.05, 0.1) is 15.5 Å². The number of aromatic hydroxyl groups is 2. The highest BCUT2D eigenvalue weighted by Crippen LogP contribution is 2.33. The Bertz CT molecular complexity index is 1270. The number of phenols is 2. The summed E-state index contributed by atoms with van der Waals surface area (Å²) in [5.74, 6) is -0.653. The van der Waals surface area contributed by atoms with Crippen LogP contribution in [0.2, 0.25) is 0 Å². The number of fused-ring (bicyclic) bond motifs is 1. The summed E-state index contributed by atoms with van der Waals surface area (Å²) in [5, 5.41) is 23.1. The summed E-state index contributed by atoms with van der Waals surface area (Å²) in [7, 11) is -9.01. The van der Waals surface area contributed by atoms with Crippen LogP contribution in [0.5, 0.6) is 11.5 Å². The number of nitrogens with one attached hydrogen (secondary N) is 1. The Morgan fingerprint density at radius 3 is 2.00 bits per heavy atom. The molecule has 3 aromatic rings. The Kier molecular flexibility index (Phi) is 4.48. The lowest BCUT2D eigenvalue weighted by molar-refractivity contribution is 0.471. The molecule has 0 spiro atoms. The molecule has 0 aliphatic heterocycles. The van der Waals surface area contributed by atoms with Crippen LogP contribution in [0.25, 0.3) is 10.8 Å². The fourth-order valence-electron chi connectivity index (χ4n) is 2.48. The average Bonchev–Trinajstić information content (AvgIpc) is 2.54. The topological polar surface area (TPSA) is 161 Å². The van der Waals surface area contributed by atoms with Crippen molar-refractivity contribution < 1.29 is 36.2 Å². The van der Waals surface area contributed by atoms with Gasteiger partial charge < -0.3 is 15.5 Å². The third-order valence-corrected chi connectivity index (χ3v) is 5.43. The fraction of sp³-hybridized carbons (Fsp3) is 0. The van der Waals surface area contributed by atoms with E-state index >= 15 is 0 Å². The van der Waals surface area contributed by atoms with Crippen LogP contribution in [-0.4, -0.2) is 36.2 Å². The Hall–Kier alpha value is -2.86. The first-order chi connectivity index (χ1) is 12.4. The first kappa shape index (κ1) is 18.9. The summed E-state index contributed by atoms with van der Waals surface area (Å²) in [5.41, 5.74) is 0.289. The molecule has 0 fully saturated rings. The maximum Gasteiger partial charge on any atom is 0.294 e. The maximum absolute atomic E-state index is 11.3. The number of hydrogen-bond acceptors (Lipinski definition) is 7. The van der Waals surface area contributed by atoms with E-state index in [4.69, 9.17) is 9.11 Å². The number of rotatable bonds is 4. The van der Waals surface area contributed by atoms with Crippen LogP contribution in [-0.2, 0) is 20.2 Å². The molecule has 0 heterocycles. The number of phenolic OH excluding ortho intramolecular Hbond substituents is 2. The van der Waals surface area contributed by atoms with Crippen molar-refractivity contribution in [2.75, 3.05) is 5.32 Å². The molecule has 0 atom stereocenters. The van der Waals surface area contributed by atoms with E-state index < -0.39 is 30.0 Å². The summed E-state index contributed by atoms with van der Waals surface area (Å²) in [6.07, 6.45) is 0. The number of hydrogen-bond donors (Lipinski definition) is 5. The number of anilines is 2. The molecule has 0 radical (unpaired) electrons. The molecule has 0 unspecified atom stereocenters. The lowest BCUT2D eigenvalue weighted by Crippen LogP contribution is -2.00. The van der Waals surface area contributed by atoms with Gasteiger partial charge in [-0.05, 0) is 47.9 Å². The predicted molar refractivity (Wildman–Crippen MR) is 96.6 cm³/mol. The minimum atomic E-state index is -4.53. The van der Waals surface area contributed by atoms with Crippen molar-refractivity contribution in [3.8, 4) is 11.5 Å². The van der Waals surface area contributed by atoms with Gasteiger partial charge in [-0.3, -0.25) is 9.11 Å². The van der Waals surface area contributed by atoms with Gasteiger partial charge in [0, 0.05) is 17.1 Å². The molecule has 27 heavy (non-hydrogen) atoms. The summed E-state index contributed by atoms with van der Waals surface area (Å²) in [6.45, 7) is 0. The maximum atomic E-state index is 11.3. The van der Waals surface area contributed by atoms with Gasteiger partial charge in [0.2, 0.25) is 0 Å². The third kappa shape index (κ3) is 3.95. The van der Waals surface area contributed by atoms with E-state index in [9.17, 15) is 27.0 Å². The molecule has 3 aromatic carbocycles. The smallest absolute Gasteiger partial charge is 0.294 e. The monoisotopic (exact) mass is 411 g/mol. The zero-order chi connectivity index (χ0) is 20.0. The normalized spacial score (nSPS) is 12.2. The Morgan fingerprint density at radius 2 is 1.37 bits per heavy atom. The fourth-order valence-corrected chi connectivity index (χ4v) is 3.52. The van der Waals surface area contributed by atoms with Crippen molar-refractivity contribution in [1.82, 2.24) is 0 Å². The van der Waals surface area contributed by atoms with Crippen molar-refractivity contribution in [2.45, 2.75) is 9.79 Å². The Labute approximate surface area is 154 Å². The summed E-state index contributed by atoms with van der Waals surface area (Å²) >= 11 is 0. The van der Waals surface area contributed by atoms with Crippen molar-refractivity contribution in [2.24, 2.45) is 0 Å². The van der Waals surface area contributed by atoms with Crippen molar-refractivity contribution in [3.05, 3.63) is 48.5 Å². The average molecular weight is 411 g/mol. The first-order valence-electron chi connectivity index (χ1n) is 7.27. The van der Waals surface area contributed by atoms with Crippen LogP contribution >= 0.6 is 0 Å². The molecule has 0 saturated heterocycles. The molecule has 5 N–H and O–H groups in total. The highest BCUT2D eigenvalue weighted by Gasteiger charge is 2.15. The predicted octanol–water partition coefficient (Wildman–Crippen LogP) is 2.49. The van der Waals surface area contributed by atoms with Gasteiger partial charge >= 0.3 is 0 Å². The van der Waals surface area contributed by atoms with E-state index in [0.717, 1.165) is 30.3 Å². The Morgan fingerprint density at radius 1 is 0.704 bits per heavy atom. The SMILES string of the molecule is O=S(=O)(O)c1ccc(O)c(Nc2ccc3c(O)cc(S(=O)(=O)O)cc3c2)c1. The molecular weight excluding hydrogens is 398 g/mol. The molecule has 0 aliphatic carbocycles. The minimum absolute atomic E-state index is 0.0281. The van der Waals surface area contributed by atoms with E-state index in [-0.39, 0.29) is 22.6 Å². The lowest BCUT2D eigenvalue weighted by Gasteiger charge is -2.11. The van der Waals surface area contributed by atoms with Crippen LogP contribution in [0, 0.1) is 0 Å². The molecule has 9 nitrogen and oxygen atoms in total. The van der Waals surface area contributed by atoms with Crippen molar-refractivity contribution >= 4 is 42.4 Å². The van der Waals surface area contributed by atoms with Crippen LogP contribution in [0.1, 0.15) is 0 Å². The van der Waals surface area contributed by atoms with Gasteiger partial charge in [-0.25, -0.2) is 0 Å². The molecule has 0 aromatic heterocycles. The second-order valence-corrected chi connectivity index (χ2v) is 8.48. The lowest BCUT2D eigenvalue weighted by atomic mass is 10.1. The van der Waals surface area contributed by atoms with Crippen LogP contribution in [0.15, 0.2) is 58.3 Å². The van der Waals surface area contributed by atoms with Crippen LogP contribution < -0.4 is 5.32 Å². The third-order valence-electron chi connectivity index (χ3n) is 3.75. The van der Waals surface area contributed by atoms with Gasteiger partial charge in [-0.1, -0.05) is 0 Å². The zero-order valence-electron chi connectivity index (χ0n) is 13.4. The van der Waals surface area contributed by atoms with Gasteiger partial charge in [-0.15, -0.1) is 0 Å². The molecule has 0 bridgehead atoms. The zero-order valence-corrected chi connectivity index (χ0v) is 15.0. The van der Waals surface area contributed by atoms with Crippen LogP contribution in [0.3, 0.4) is 0 Å². The van der Waals surface area contributed by atoms with Crippen molar-refractivity contribution in [3.63, 3.8) is 0 Å². The van der Waals surface area contributed by atoms with Crippen LogP contribution in [0.4, 0.5) is 11.4 Å².